The summed E-state index contributed by atoms with van der Waals surface area (Å²) in [6, 6.07) is 15.8. The SMILES string of the molecule is COc1ccc(N2C(=O)C(=CC=CN3CCCc4ccccc43)SC2=S)cc1. The predicted molar refractivity (Wildman–Crippen MR) is 120 cm³/mol. The van der Waals surface area contributed by atoms with Gasteiger partial charge in [-0.3, -0.25) is 9.69 Å². The van der Waals surface area contributed by atoms with Crippen molar-refractivity contribution >= 4 is 45.6 Å². The Morgan fingerprint density at radius 1 is 1.14 bits per heavy atom. The van der Waals surface area contributed by atoms with Gasteiger partial charge in [0.25, 0.3) is 5.91 Å². The van der Waals surface area contributed by atoms with Crippen LogP contribution in [0.2, 0.25) is 0 Å². The predicted octanol–water partition coefficient (Wildman–Crippen LogP) is 4.91. The fourth-order valence-corrected chi connectivity index (χ4v) is 4.64. The van der Waals surface area contributed by atoms with Gasteiger partial charge in [0.1, 0.15) is 5.75 Å². The molecule has 6 heteroatoms. The molecule has 0 bridgehead atoms. The van der Waals surface area contributed by atoms with Crippen LogP contribution in [0.4, 0.5) is 11.4 Å². The highest BCUT2D eigenvalue weighted by molar-refractivity contribution is 8.27. The number of carbonyl (C=O) groups is 1. The molecule has 0 unspecified atom stereocenters. The highest BCUT2D eigenvalue weighted by Gasteiger charge is 2.32. The summed E-state index contributed by atoms with van der Waals surface area (Å²) in [7, 11) is 1.62. The molecule has 2 aromatic carbocycles. The van der Waals surface area contributed by atoms with Gasteiger partial charge < -0.3 is 9.64 Å². The zero-order valence-corrected chi connectivity index (χ0v) is 17.1. The van der Waals surface area contributed by atoms with Crippen LogP contribution in [0.15, 0.2) is 71.8 Å². The summed E-state index contributed by atoms with van der Waals surface area (Å²) in [4.78, 5) is 17.2. The highest BCUT2D eigenvalue weighted by Crippen LogP contribution is 2.35. The van der Waals surface area contributed by atoms with Gasteiger partial charge in [0, 0.05) is 18.4 Å². The molecule has 0 aliphatic carbocycles. The first kappa shape index (κ1) is 18.8. The summed E-state index contributed by atoms with van der Waals surface area (Å²) in [6.45, 7) is 0.980. The molecule has 0 atom stereocenters. The molecule has 4 rings (SSSR count). The third-order valence-corrected chi connectivity index (χ3v) is 6.10. The number of allylic oxidation sites excluding steroid dienone is 2. The number of anilines is 2. The Morgan fingerprint density at radius 3 is 2.71 bits per heavy atom. The lowest BCUT2D eigenvalue weighted by Crippen LogP contribution is -2.27. The van der Waals surface area contributed by atoms with E-state index in [1.54, 1.807) is 12.0 Å². The van der Waals surface area contributed by atoms with Crippen LogP contribution in [0.5, 0.6) is 5.75 Å². The minimum atomic E-state index is -0.0936. The van der Waals surface area contributed by atoms with Gasteiger partial charge in [-0.05, 0) is 60.9 Å². The number of hydrogen-bond donors (Lipinski definition) is 0. The van der Waals surface area contributed by atoms with Crippen LogP contribution >= 0.6 is 24.0 Å². The lowest BCUT2D eigenvalue weighted by Gasteiger charge is -2.27. The Bertz CT molecular complexity index is 967. The summed E-state index contributed by atoms with van der Waals surface area (Å²) in [5.41, 5.74) is 3.36. The number of aryl methyl sites for hydroxylation is 1. The van der Waals surface area contributed by atoms with Gasteiger partial charge in [0.05, 0.1) is 17.7 Å². The molecule has 2 aromatic rings. The van der Waals surface area contributed by atoms with E-state index in [9.17, 15) is 4.79 Å². The summed E-state index contributed by atoms with van der Waals surface area (Å²) < 4.78 is 5.72. The van der Waals surface area contributed by atoms with E-state index in [4.69, 9.17) is 17.0 Å². The Morgan fingerprint density at radius 2 is 1.93 bits per heavy atom. The van der Waals surface area contributed by atoms with Crippen LogP contribution in [0.1, 0.15) is 12.0 Å². The Labute approximate surface area is 174 Å². The summed E-state index contributed by atoms with van der Waals surface area (Å²) in [6.07, 6.45) is 8.06. The molecule has 0 saturated carbocycles. The molecule has 0 radical (unpaired) electrons. The quantitative estimate of drug-likeness (QED) is 0.530. The van der Waals surface area contributed by atoms with Crippen LogP contribution in [-0.2, 0) is 11.2 Å². The Kier molecular flexibility index (Phi) is 5.50. The number of methoxy groups -OCH3 is 1. The van der Waals surface area contributed by atoms with E-state index < -0.39 is 0 Å². The normalized spacial score (nSPS) is 18.2. The van der Waals surface area contributed by atoms with Crippen LogP contribution in [-0.4, -0.2) is 23.9 Å². The van der Waals surface area contributed by atoms with Crippen LogP contribution in [0, 0.1) is 0 Å². The monoisotopic (exact) mass is 408 g/mol. The molecular formula is C22H20N2O2S2. The summed E-state index contributed by atoms with van der Waals surface area (Å²) in [5.74, 6) is 0.651. The standard InChI is InChI=1S/C22H20N2O2S2/c1-26-18-12-10-17(11-13-18)24-21(25)20(28-22(24)27)9-5-15-23-14-4-7-16-6-2-3-8-19(16)23/h2-3,5-6,8-13,15H,4,7,14H2,1H3. The molecule has 0 N–H and O–H groups in total. The Balaban J connectivity index is 1.51. The number of ether oxygens (including phenoxy) is 1. The lowest BCUT2D eigenvalue weighted by atomic mass is 10.0. The summed E-state index contributed by atoms with van der Waals surface area (Å²) in [5, 5.41) is 0. The minimum absolute atomic E-state index is 0.0936. The van der Waals surface area contributed by atoms with Crippen molar-refractivity contribution < 1.29 is 9.53 Å². The highest BCUT2D eigenvalue weighted by atomic mass is 32.2. The zero-order chi connectivity index (χ0) is 19.5. The van der Waals surface area contributed by atoms with E-state index in [0.717, 1.165) is 30.8 Å². The molecule has 0 aromatic heterocycles. The largest absolute Gasteiger partial charge is 0.497 e. The second-order valence-electron chi connectivity index (χ2n) is 6.50. The van der Waals surface area contributed by atoms with Crippen molar-refractivity contribution in [3.63, 3.8) is 0 Å². The van der Waals surface area contributed by atoms with E-state index in [-0.39, 0.29) is 5.91 Å². The maximum atomic E-state index is 12.8. The number of rotatable bonds is 4. The van der Waals surface area contributed by atoms with Crippen LogP contribution in [0.25, 0.3) is 0 Å². The molecule has 2 aliphatic rings. The number of fused-ring (bicyclic) bond motifs is 1. The number of nitrogens with zero attached hydrogens (tertiary/aromatic N) is 2. The van der Waals surface area contributed by atoms with E-state index in [0.29, 0.717) is 9.23 Å². The second-order valence-corrected chi connectivity index (χ2v) is 8.18. The fourth-order valence-electron chi connectivity index (χ4n) is 3.39. The van der Waals surface area contributed by atoms with Crippen molar-refractivity contribution in [2.45, 2.75) is 12.8 Å². The van der Waals surface area contributed by atoms with E-state index in [2.05, 4.69) is 29.2 Å². The third-order valence-electron chi connectivity index (χ3n) is 4.78. The van der Waals surface area contributed by atoms with Gasteiger partial charge in [-0.2, -0.15) is 0 Å². The second kappa shape index (κ2) is 8.20. The molecule has 4 nitrogen and oxygen atoms in total. The number of hydrogen-bond acceptors (Lipinski definition) is 5. The lowest BCUT2D eigenvalue weighted by molar-refractivity contribution is -0.113. The number of carbonyl (C=O) groups excluding carboxylic acids is 1. The van der Waals surface area contributed by atoms with Crippen molar-refractivity contribution in [1.82, 2.24) is 0 Å². The smallest absolute Gasteiger partial charge is 0.270 e. The van der Waals surface area contributed by atoms with Crippen molar-refractivity contribution in [1.29, 1.82) is 0 Å². The van der Waals surface area contributed by atoms with Crippen molar-refractivity contribution in [3.05, 3.63) is 77.4 Å². The first-order valence-corrected chi connectivity index (χ1v) is 10.3. The number of benzene rings is 2. The average Bonchev–Trinajstić information content (AvgIpc) is 3.01. The maximum absolute atomic E-state index is 12.8. The molecule has 1 saturated heterocycles. The molecule has 142 valence electrons. The Hall–Kier alpha value is -2.57. The van der Waals surface area contributed by atoms with Crippen molar-refractivity contribution in [2.75, 3.05) is 23.5 Å². The number of thioether (sulfide) groups is 1. The van der Waals surface area contributed by atoms with E-state index in [1.165, 1.54) is 23.0 Å². The average molecular weight is 409 g/mol. The number of thiocarbonyl (C=S) groups is 1. The molecule has 2 heterocycles. The topological polar surface area (TPSA) is 32.8 Å². The fraction of sp³-hybridized carbons (Fsp3) is 0.182. The minimum Gasteiger partial charge on any atom is -0.497 e. The number of amides is 1. The van der Waals surface area contributed by atoms with E-state index >= 15 is 0 Å². The van der Waals surface area contributed by atoms with Gasteiger partial charge in [-0.25, -0.2) is 0 Å². The molecule has 1 fully saturated rings. The van der Waals surface area contributed by atoms with Gasteiger partial charge in [-0.15, -0.1) is 0 Å². The summed E-state index contributed by atoms with van der Waals surface area (Å²) >= 11 is 6.75. The molecule has 1 amide bonds. The van der Waals surface area contributed by atoms with Gasteiger partial charge in [-0.1, -0.05) is 42.2 Å². The van der Waals surface area contributed by atoms with Crippen LogP contribution in [0.3, 0.4) is 0 Å². The van der Waals surface area contributed by atoms with Crippen molar-refractivity contribution in [3.8, 4) is 5.75 Å². The van der Waals surface area contributed by atoms with Crippen LogP contribution < -0.4 is 14.5 Å². The zero-order valence-electron chi connectivity index (χ0n) is 15.5. The van der Waals surface area contributed by atoms with E-state index in [1.807, 2.05) is 42.6 Å². The molecule has 28 heavy (non-hydrogen) atoms. The molecular weight excluding hydrogens is 388 g/mol. The van der Waals surface area contributed by atoms with Gasteiger partial charge >= 0.3 is 0 Å². The maximum Gasteiger partial charge on any atom is 0.270 e. The first-order chi connectivity index (χ1) is 13.7. The van der Waals surface area contributed by atoms with Gasteiger partial charge in [0.2, 0.25) is 0 Å². The molecule has 2 aliphatic heterocycles. The molecule has 0 spiro atoms. The third kappa shape index (κ3) is 3.70. The van der Waals surface area contributed by atoms with Crippen molar-refractivity contribution in [2.24, 2.45) is 0 Å². The number of para-hydroxylation sites is 1. The van der Waals surface area contributed by atoms with Gasteiger partial charge in [0.15, 0.2) is 4.32 Å². The first-order valence-electron chi connectivity index (χ1n) is 9.11.